The van der Waals surface area contributed by atoms with Gasteiger partial charge in [-0.05, 0) is 90.4 Å². The van der Waals surface area contributed by atoms with Crippen molar-refractivity contribution in [3.05, 3.63) is 130 Å². The van der Waals surface area contributed by atoms with Crippen LogP contribution in [0.5, 0.6) is 0 Å². The molecule has 1 nitrogen and oxygen atoms in total. The van der Waals surface area contributed by atoms with Gasteiger partial charge in [0.2, 0.25) is 0 Å². The third kappa shape index (κ3) is 6.10. The van der Waals surface area contributed by atoms with Crippen molar-refractivity contribution in [3.63, 3.8) is 0 Å². The molecule has 2 heterocycles. The molecule has 0 bridgehead atoms. The summed E-state index contributed by atoms with van der Waals surface area (Å²) in [6.45, 7) is 22.0. The molecule has 2 heteroatoms. The standard InChI is InChI=1S/C35H29NS.C3H6.2C2H6/c1-4-30-23(3)29-21-26(24-10-6-5-7-11-24)20-25-12-8-14-31(34(25)29)36(30)32-15-9-13-28-27-18-16-22(2)17-19-33(27)37-35(28)32;1-3-2;2*1-2/h4-7,9-13,15-22H,1,8,14H2,2-3H3;3H,1H2,2H3;2*1-2H3. The third-order valence-corrected chi connectivity index (χ3v) is 9.13. The van der Waals surface area contributed by atoms with E-state index in [1.54, 1.807) is 6.08 Å². The van der Waals surface area contributed by atoms with Gasteiger partial charge in [0.15, 0.2) is 0 Å². The average molecular weight is 598 g/mol. The van der Waals surface area contributed by atoms with Crippen LogP contribution in [0, 0.1) is 5.92 Å². The Hall–Kier alpha value is -4.14. The number of rotatable bonds is 3. The van der Waals surface area contributed by atoms with Crippen LogP contribution in [0.2, 0.25) is 0 Å². The second kappa shape index (κ2) is 15.0. The molecule has 0 radical (unpaired) electrons. The van der Waals surface area contributed by atoms with Crippen molar-refractivity contribution >= 4 is 56.6 Å². The van der Waals surface area contributed by atoms with Gasteiger partial charge in [-0.1, -0.05) is 114 Å². The second-order valence-electron chi connectivity index (χ2n) is 10.6. The fourth-order valence-corrected chi connectivity index (χ4v) is 7.30. The van der Waals surface area contributed by atoms with Crippen LogP contribution in [0.1, 0.15) is 77.3 Å². The zero-order valence-corrected chi connectivity index (χ0v) is 28.4. The van der Waals surface area contributed by atoms with E-state index in [0.29, 0.717) is 5.92 Å². The van der Waals surface area contributed by atoms with Gasteiger partial charge in [0, 0.05) is 32.4 Å². The van der Waals surface area contributed by atoms with Crippen molar-refractivity contribution in [2.45, 2.75) is 61.3 Å². The van der Waals surface area contributed by atoms with Crippen LogP contribution < -0.4 is 15.3 Å². The molecule has 2 aliphatic carbocycles. The van der Waals surface area contributed by atoms with Crippen molar-refractivity contribution in [1.82, 2.24) is 0 Å². The zero-order chi connectivity index (χ0) is 31.8. The summed E-state index contributed by atoms with van der Waals surface area (Å²) >= 11 is 1.91. The van der Waals surface area contributed by atoms with Gasteiger partial charge >= 0.3 is 0 Å². The molecule has 0 N–H and O–H groups in total. The first-order chi connectivity index (χ1) is 21.5. The van der Waals surface area contributed by atoms with Gasteiger partial charge in [0.25, 0.3) is 0 Å². The van der Waals surface area contributed by atoms with Crippen LogP contribution >= 0.6 is 11.3 Å². The molecule has 0 spiro atoms. The Bertz CT molecular complexity index is 1860. The van der Waals surface area contributed by atoms with Gasteiger partial charge in [-0.25, -0.2) is 0 Å². The number of hydrogen-bond acceptors (Lipinski definition) is 2. The highest BCUT2D eigenvalue weighted by atomic mass is 32.1. The van der Waals surface area contributed by atoms with Gasteiger partial charge in [-0.15, -0.1) is 17.9 Å². The van der Waals surface area contributed by atoms with E-state index in [1.807, 2.05) is 46.0 Å². The van der Waals surface area contributed by atoms with Crippen molar-refractivity contribution in [2.75, 3.05) is 4.90 Å². The maximum Gasteiger partial charge on any atom is 0.0637 e. The van der Waals surface area contributed by atoms with Gasteiger partial charge in [0.1, 0.15) is 0 Å². The Morgan fingerprint density at radius 2 is 1.59 bits per heavy atom. The van der Waals surface area contributed by atoms with E-state index in [-0.39, 0.29) is 0 Å². The van der Waals surface area contributed by atoms with Crippen LogP contribution in [0.25, 0.3) is 50.7 Å². The van der Waals surface area contributed by atoms with Crippen LogP contribution in [-0.2, 0) is 0 Å². The summed E-state index contributed by atoms with van der Waals surface area (Å²) in [4.78, 5) is 3.86. The topological polar surface area (TPSA) is 3.24 Å². The molecule has 226 valence electrons. The van der Waals surface area contributed by atoms with Crippen LogP contribution in [0.4, 0.5) is 5.69 Å². The molecule has 1 aliphatic heterocycles. The lowest BCUT2D eigenvalue weighted by Gasteiger charge is -2.36. The number of fused-ring (bicyclic) bond motifs is 3. The van der Waals surface area contributed by atoms with Crippen LogP contribution in [0.15, 0.2) is 104 Å². The zero-order valence-electron chi connectivity index (χ0n) is 27.6. The van der Waals surface area contributed by atoms with E-state index in [9.17, 15) is 0 Å². The molecule has 7 rings (SSSR count). The van der Waals surface area contributed by atoms with Crippen molar-refractivity contribution in [3.8, 4) is 11.1 Å². The molecule has 1 unspecified atom stereocenters. The number of nitrogens with zero attached hydrogens (tertiary/aromatic N) is 1. The Labute approximate surface area is 269 Å². The Balaban J connectivity index is 0.000000586. The van der Waals surface area contributed by atoms with Crippen LogP contribution in [0.3, 0.4) is 0 Å². The molecule has 0 fully saturated rings. The van der Waals surface area contributed by atoms with Crippen molar-refractivity contribution in [2.24, 2.45) is 5.92 Å². The third-order valence-electron chi connectivity index (χ3n) is 7.92. The molecule has 0 saturated heterocycles. The number of benzene rings is 3. The molecule has 3 aromatic carbocycles. The largest absolute Gasteiger partial charge is 0.312 e. The van der Waals surface area contributed by atoms with Crippen molar-refractivity contribution < 1.29 is 0 Å². The highest BCUT2D eigenvalue weighted by Crippen LogP contribution is 2.45. The number of allylic oxidation sites excluding steroid dienone is 5. The average Bonchev–Trinajstić information content (AvgIpc) is 3.33. The quantitative estimate of drug-likeness (QED) is 0.212. The molecule has 44 heavy (non-hydrogen) atoms. The monoisotopic (exact) mass is 597 g/mol. The Morgan fingerprint density at radius 1 is 0.886 bits per heavy atom. The van der Waals surface area contributed by atoms with E-state index < -0.39 is 0 Å². The molecule has 3 aliphatic rings. The first-order valence-electron chi connectivity index (χ1n) is 16.1. The predicted molar refractivity (Wildman–Crippen MR) is 201 cm³/mol. The summed E-state index contributed by atoms with van der Waals surface area (Å²) in [6.07, 6.45) is 17.5. The minimum absolute atomic E-state index is 0.461. The lowest BCUT2D eigenvalue weighted by molar-refractivity contribution is 0.954. The fraction of sp³-hybridized carbons (Fsp3) is 0.238. The maximum absolute atomic E-state index is 4.30. The summed E-state index contributed by atoms with van der Waals surface area (Å²) in [5, 5.41) is 4.07. The molecule has 1 atom stereocenters. The normalized spacial score (nSPS) is 15.7. The Morgan fingerprint density at radius 3 is 2.30 bits per heavy atom. The smallest absolute Gasteiger partial charge is 0.0637 e. The summed E-state index contributed by atoms with van der Waals surface area (Å²) in [5.74, 6) is 0.461. The molecular weight excluding hydrogens is 551 g/mol. The maximum atomic E-state index is 4.30. The minimum atomic E-state index is 0.461. The van der Waals surface area contributed by atoms with E-state index >= 15 is 0 Å². The highest BCUT2D eigenvalue weighted by Gasteiger charge is 2.28. The fourth-order valence-electron chi connectivity index (χ4n) is 6.09. The van der Waals surface area contributed by atoms with E-state index in [2.05, 4.69) is 129 Å². The number of anilines is 1. The summed E-state index contributed by atoms with van der Waals surface area (Å²) in [5.41, 5.74) is 10.3. The molecular formula is C42H47NS. The molecule has 0 amide bonds. The van der Waals surface area contributed by atoms with Gasteiger partial charge < -0.3 is 4.90 Å². The van der Waals surface area contributed by atoms with Gasteiger partial charge in [-0.3, -0.25) is 0 Å². The SMILES string of the molecule is C=CC.C=CC1=C(C)c2cc(-c3ccccc3)cc3c2=C(CCC=3)N1c1cccc2c3c(sc12)C=CC(C)C=C3.CC.CC. The molecule has 4 aromatic rings. The van der Waals surface area contributed by atoms with Crippen LogP contribution in [-0.4, -0.2) is 0 Å². The number of hydrogen-bond donors (Lipinski definition) is 0. The lowest BCUT2D eigenvalue weighted by atomic mass is 9.87. The second-order valence-corrected chi connectivity index (χ2v) is 11.7. The van der Waals surface area contributed by atoms with Gasteiger partial charge in [-0.2, -0.15) is 0 Å². The minimum Gasteiger partial charge on any atom is -0.312 e. The predicted octanol–water partition coefficient (Wildman–Crippen LogP) is 11.6. The van der Waals surface area contributed by atoms with E-state index in [1.165, 1.54) is 70.3 Å². The van der Waals surface area contributed by atoms with Gasteiger partial charge in [0.05, 0.1) is 10.4 Å². The highest BCUT2D eigenvalue weighted by molar-refractivity contribution is 7.20. The van der Waals surface area contributed by atoms with E-state index in [0.717, 1.165) is 12.8 Å². The van der Waals surface area contributed by atoms with E-state index in [4.69, 9.17) is 0 Å². The lowest BCUT2D eigenvalue weighted by Crippen LogP contribution is -2.42. The van der Waals surface area contributed by atoms with Crippen molar-refractivity contribution in [1.29, 1.82) is 0 Å². The molecule has 0 saturated carbocycles. The summed E-state index contributed by atoms with van der Waals surface area (Å²) in [6, 6.07) is 22.3. The first-order valence-corrected chi connectivity index (χ1v) is 16.9. The molecule has 1 aromatic heterocycles. The number of thiophene rings is 1. The first kappa shape index (κ1) is 32.8. The Kier molecular flexibility index (Phi) is 11.2. The summed E-state index contributed by atoms with van der Waals surface area (Å²) < 4.78 is 1.34. The summed E-state index contributed by atoms with van der Waals surface area (Å²) in [7, 11) is 0.